The van der Waals surface area contributed by atoms with Gasteiger partial charge in [0, 0.05) is 22.6 Å². The normalized spacial score (nSPS) is 14.1. The number of carbonyl (C=O) groups is 2. The fourth-order valence-corrected chi connectivity index (χ4v) is 5.75. The smallest absolute Gasteiger partial charge is 0.363 e. The van der Waals surface area contributed by atoms with Gasteiger partial charge < -0.3 is 14.8 Å². The molecule has 6 nitrogen and oxygen atoms in total. The molecule has 0 aliphatic carbocycles. The summed E-state index contributed by atoms with van der Waals surface area (Å²) in [4.78, 5) is 27.9. The number of benzene rings is 3. The van der Waals surface area contributed by atoms with Crippen LogP contribution in [0.4, 0.5) is 5.69 Å². The molecule has 9 heteroatoms. The van der Waals surface area contributed by atoms with E-state index in [1.54, 1.807) is 30.3 Å². The van der Waals surface area contributed by atoms with Gasteiger partial charge in [-0.25, -0.2) is 9.79 Å². The van der Waals surface area contributed by atoms with Crippen LogP contribution in [0.25, 0.3) is 6.08 Å². The monoisotopic (exact) mass is 742 g/mol. The standard InChI is InChI=1S/C25H17BrI2N2O4/c1-14(31)29-19-7-5-17(6-8-19)24-30-22(25(32)34-24)12-16-10-20(27)23(21(28)11-16)33-13-15-3-2-4-18(26)9-15/h2-12H,13H2,1H3,(H,29,31)/b22-12-. The Morgan fingerprint density at radius 2 is 1.82 bits per heavy atom. The summed E-state index contributed by atoms with van der Waals surface area (Å²) < 4.78 is 14.3. The Labute approximate surface area is 232 Å². The Hall–Kier alpha value is -2.25. The Bertz CT molecular complexity index is 1310. The second kappa shape index (κ2) is 11.0. The highest BCUT2D eigenvalue weighted by Gasteiger charge is 2.24. The van der Waals surface area contributed by atoms with Gasteiger partial charge in [-0.2, -0.15) is 0 Å². The molecule has 1 N–H and O–H groups in total. The van der Waals surface area contributed by atoms with Crippen LogP contribution < -0.4 is 10.1 Å². The zero-order chi connectivity index (χ0) is 24.2. The number of aliphatic imine (C=N–C) groups is 1. The van der Waals surface area contributed by atoms with E-state index in [9.17, 15) is 9.59 Å². The van der Waals surface area contributed by atoms with Crippen molar-refractivity contribution in [1.29, 1.82) is 0 Å². The van der Waals surface area contributed by atoms with Gasteiger partial charge in [0.25, 0.3) is 0 Å². The number of carbonyl (C=O) groups excluding carboxylic acids is 2. The largest absolute Gasteiger partial charge is 0.487 e. The molecule has 172 valence electrons. The molecule has 3 aromatic rings. The molecular formula is C25H17BrI2N2O4. The average Bonchev–Trinajstić information content (AvgIpc) is 3.13. The van der Waals surface area contributed by atoms with Crippen molar-refractivity contribution in [2.24, 2.45) is 4.99 Å². The lowest BCUT2D eigenvalue weighted by Crippen LogP contribution is -2.07. The zero-order valence-electron chi connectivity index (χ0n) is 17.8. The van der Waals surface area contributed by atoms with Gasteiger partial charge in [-0.1, -0.05) is 28.1 Å². The van der Waals surface area contributed by atoms with Crippen molar-refractivity contribution in [2.45, 2.75) is 13.5 Å². The highest BCUT2D eigenvalue weighted by molar-refractivity contribution is 14.1. The molecule has 4 rings (SSSR count). The summed E-state index contributed by atoms with van der Waals surface area (Å²) in [6.45, 7) is 1.89. The van der Waals surface area contributed by atoms with E-state index >= 15 is 0 Å². The van der Waals surface area contributed by atoms with Crippen molar-refractivity contribution >= 4 is 90.6 Å². The van der Waals surface area contributed by atoms with Gasteiger partial charge in [0.2, 0.25) is 11.8 Å². The number of cyclic esters (lactones) is 1. The summed E-state index contributed by atoms with van der Waals surface area (Å²) in [7, 11) is 0. The lowest BCUT2D eigenvalue weighted by molar-refractivity contribution is -0.129. The molecule has 0 unspecified atom stereocenters. The first-order chi connectivity index (χ1) is 16.3. The number of esters is 1. The molecule has 34 heavy (non-hydrogen) atoms. The predicted molar refractivity (Wildman–Crippen MR) is 152 cm³/mol. The quantitative estimate of drug-likeness (QED) is 0.177. The molecule has 1 amide bonds. The van der Waals surface area contributed by atoms with Gasteiger partial charge in [0.1, 0.15) is 12.4 Å². The van der Waals surface area contributed by atoms with Crippen molar-refractivity contribution in [3.8, 4) is 5.75 Å². The minimum Gasteiger partial charge on any atom is -0.487 e. The van der Waals surface area contributed by atoms with Crippen molar-refractivity contribution in [3.05, 3.63) is 94.7 Å². The molecule has 1 aliphatic heterocycles. The third-order valence-electron chi connectivity index (χ3n) is 4.67. The molecule has 0 fully saturated rings. The fourth-order valence-electron chi connectivity index (χ4n) is 3.17. The van der Waals surface area contributed by atoms with Crippen molar-refractivity contribution in [1.82, 2.24) is 0 Å². The van der Waals surface area contributed by atoms with E-state index in [0.717, 1.165) is 28.5 Å². The van der Waals surface area contributed by atoms with Crippen molar-refractivity contribution in [2.75, 3.05) is 5.32 Å². The third-order valence-corrected chi connectivity index (χ3v) is 6.76. The summed E-state index contributed by atoms with van der Waals surface area (Å²) in [5, 5.41) is 2.70. The number of nitrogens with one attached hydrogen (secondary N) is 1. The molecule has 0 aromatic heterocycles. The number of rotatable bonds is 6. The maximum Gasteiger partial charge on any atom is 0.363 e. The number of hydrogen-bond donors (Lipinski definition) is 1. The van der Waals surface area contributed by atoms with E-state index in [-0.39, 0.29) is 17.5 Å². The Balaban J connectivity index is 1.52. The highest BCUT2D eigenvalue weighted by Crippen LogP contribution is 2.31. The number of nitrogens with zero attached hydrogens (tertiary/aromatic N) is 1. The first-order valence-electron chi connectivity index (χ1n) is 10.1. The topological polar surface area (TPSA) is 77.0 Å². The lowest BCUT2D eigenvalue weighted by atomic mass is 10.2. The maximum atomic E-state index is 12.4. The van der Waals surface area contributed by atoms with Crippen LogP contribution in [0.15, 0.2) is 75.8 Å². The van der Waals surface area contributed by atoms with E-state index in [1.165, 1.54) is 6.92 Å². The molecule has 0 saturated carbocycles. The van der Waals surface area contributed by atoms with Gasteiger partial charge in [-0.15, -0.1) is 0 Å². The lowest BCUT2D eigenvalue weighted by Gasteiger charge is -2.12. The predicted octanol–water partition coefficient (Wildman–Crippen LogP) is 6.54. The Morgan fingerprint density at radius 1 is 1.12 bits per heavy atom. The van der Waals surface area contributed by atoms with Gasteiger partial charge >= 0.3 is 5.97 Å². The molecule has 0 saturated heterocycles. The molecule has 0 atom stereocenters. The third kappa shape index (κ3) is 6.25. The minimum absolute atomic E-state index is 0.156. The van der Waals surface area contributed by atoms with Crippen LogP contribution in [-0.2, 0) is 20.9 Å². The van der Waals surface area contributed by atoms with Crippen LogP contribution in [0.1, 0.15) is 23.6 Å². The number of ether oxygens (including phenoxy) is 2. The van der Waals surface area contributed by atoms with E-state index in [0.29, 0.717) is 17.9 Å². The molecule has 3 aromatic carbocycles. The van der Waals surface area contributed by atoms with Crippen LogP contribution in [0.5, 0.6) is 5.75 Å². The second-order valence-electron chi connectivity index (χ2n) is 7.33. The molecular weight excluding hydrogens is 726 g/mol. The van der Waals surface area contributed by atoms with Gasteiger partial charge in [0.05, 0.1) is 7.14 Å². The van der Waals surface area contributed by atoms with Gasteiger partial charge in [-0.3, -0.25) is 4.79 Å². The summed E-state index contributed by atoms with van der Waals surface area (Å²) >= 11 is 7.93. The van der Waals surface area contributed by atoms with Crippen molar-refractivity contribution < 1.29 is 19.1 Å². The minimum atomic E-state index is -0.513. The SMILES string of the molecule is CC(=O)Nc1ccc(C2=N/C(=C\c3cc(I)c(OCc4cccc(Br)c4)c(I)c3)C(=O)O2)cc1. The average molecular weight is 743 g/mol. The van der Waals surface area contributed by atoms with E-state index in [1.807, 2.05) is 36.4 Å². The van der Waals surface area contributed by atoms with Crippen LogP contribution >= 0.6 is 61.1 Å². The van der Waals surface area contributed by atoms with Crippen LogP contribution in [0.3, 0.4) is 0 Å². The fraction of sp³-hybridized carbons (Fsp3) is 0.0800. The van der Waals surface area contributed by atoms with E-state index < -0.39 is 5.97 Å². The van der Waals surface area contributed by atoms with E-state index in [4.69, 9.17) is 9.47 Å². The molecule has 1 aliphatic rings. The number of hydrogen-bond acceptors (Lipinski definition) is 5. The molecule has 0 spiro atoms. The second-order valence-corrected chi connectivity index (χ2v) is 10.6. The molecule has 1 heterocycles. The van der Waals surface area contributed by atoms with Gasteiger partial charge in [0.15, 0.2) is 5.70 Å². The summed E-state index contributed by atoms with van der Waals surface area (Å²) in [5.74, 6) is 0.349. The molecule has 0 radical (unpaired) electrons. The number of halogens is 3. The highest BCUT2D eigenvalue weighted by atomic mass is 127. The first kappa shape index (κ1) is 24.9. The van der Waals surface area contributed by atoms with Crippen LogP contribution in [0.2, 0.25) is 0 Å². The van der Waals surface area contributed by atoms with Crippen molar-refractivity contribution in [3.63, 3.8) is 0 Å². The summed E-state index contributed by atoms with van der Waals surface area (Å²) in [6.07, 6.45) is 1.70. The van der Waals surface area contributed by atoms with Crippen LogP contribution in [-0.4, -0.2) is 17.8 Å². The summed E-state index contributed by atoms with van der Waals surface area (Å²) in [6, 6.07) is 18.8. The summed E-state index contributed by atoms with van der Waals surface area (Å²) in [5.41, 5.74) is 3.40. The van der Waals surface area contributed by atoms with E-state index in [2.05, 4.69) is 71.4 Å². The van der Waals surface area contributed by atoms with Crippen LogP contribution in [0, 0.1) is 7.14 Å². The molecule has 0 bridgehead atoms. The zero-order valence-corrected chi connectivity index (χ0v) is 23.7. The Morgan fingerprint density at radius 3 is 2.47 bits per heavy atom. The maximum absolute atomic E-state index is 12.4. The number of amides is 1. The Kier molecular flexibility index (Phi) is 8.04. The van der Waals surface area contributed by atoms with Gasteiger partial charge in [-0.05, 0) is 111 Å². The first-order valence-corrected chi connectivity index (χ1v) is 13.0. The number of anilines is 1.